The Hall–Kier alpha value is -3.04. The van der Waals surface area contributed by atoms with E-state index in [0.29, 0.717) is 40.4 Å². The van der Waals surface area contributed by atoms with E-state index >= 15 is 0 Å². The van der Waals surface area contributed by atoms with E-state index in [1.54, 1.807) is 31.2 Å². The summed E-state index contributed by atoms with van der Waals surface area (Å²) in [4.78, 5) is 46.0. The number of amides is 1. The number of aromatic nitrogens is 2. The number of fused-ring (bicyclic) bond motifs is 1. The Balaban J connectivity index is 1.87. The quantitative estimate of drug-likeness (QED) is 0.566. The number of anilines is 1. The van der Waals surface area contributed by atoms with Gasteiger partial charge >= 0.3 is 5.97 Å². The van der Waals surface area contributed by atoms with E-state index in [2.05, 4.69) is 10.3 Å². The van der Waals surface area contributed by atoms with Gasteiger partial charge in [0.15, 0.2) is 0 Å². The van der Waals surface area contributed by atoms with Crippen LogP contribution in [-0.2, 0) is 22.6 Å². The molecule has 0 aliphatic heterocycles. The standard InChI is InChI=1S/C22H26N4O4S/c1-6-30-22(29)15-7-9-16(10-8-15)23-18(27)12-26-17(11-25(4)5)24-20-19(21(26)28)13(2)14(3)31-20/h7-10H,6,11-12H2,1-5H3,(H,23,27). The molecule has 0 radical (unpaired) electrons. The molecule has 0 spiro atoms. The number of nitrogens with zero attached hydrogens (tertiary/aromatic N) is 3. The van der Waals surface area contributed by atoms with Gasteiger partial charge in [-0.1, -0.05) is 0 Å². The normalized spacial score (nSPS) is 11.2. The lowest BCUT2D eigenvalue weighted by molar-refractivity contribution is -0.116. The molecule has 0 saturated heterocycles. The Morgan fingerprint density at radius 2 is 1.87 bits per heavy atom. The molecule has 0 aliphatic carbocycles. The Morgan fingerprint density at radius 3 is 2.48 bits per heavy atom. The van der Waals surface area contributed by atoms with E-state index in [1.165, 1.54) is 15.9 Å². The number of rotatable bonds is 7. The zero-order chi connectivity index (χ0) is 22.7. The van der Waals surface area contributed by atoms with Gasteiger partial charge in [-0.2, -0.15) is 0 Å². The lowest BCUT2D eigenvalue weighted by Gasteiger charge is -2.16. The highest BCUT2D eigenvalue weighted by molar-refractivity contribution is 7.18. The second kappa shape index (κ2) is 9.40. The van der Waals surface area contributed by atoms with Crippen molar-refractivity contribution in [1.29, 1.82) is 0 Å². The second-order valence-corrected chi connectivity index (χ2v) is 8.67. The highest BCUT2D eigenvalue weighted by atomic mass is 32.1. The van der Waals surface area contributed by atoms with Crippen molar-refractivity contribution >= 4 is 39.1 Å². The number of carbonyl (C=O) groups excluding carboxylic acids is 2. The van der Waals surface area contributed by atoms with E-state index in [0.717, 1.165) is 10.4 Å². The lowest BCUT2D eigenvalue weighted by Crippen LogP contribution is -2.32. The number of hydrogen-bond donors (Lipinski definition) is 1. The van der Waals surface area contributed by atoms with Gasteiger partial charge in [-0.05, 0) is 64.7 Å². The first-order valence-corrected chi connectivity index (χ1v) is 10.7. The van der Waals surface area contributed by atoms with Crippen LogP contribution < -0.4 is 10.9 Å². The van der Waals surface area contributed by atoms with Crippen molar-refractivity contribution < 1.29 is 14.3 Å². The molecule has 0 aliphatic rings. The molecule has 3 rings (SSSR count). The van der Waals surface area contributed by atoms with Crippen LogP contribution in [0.25, 0.3) is 10.2 Å². The third kappa shape index (κ3) is 5.00. The van der Waals surface area contributed by atoms with Crippen LogP contribution in [-0.4, -0.2) is 47.0 Å². The van der Waals surface area contributed by atoms with Crippen LogP contribution in [0.2, 0.25) is 0 Å². The first-order valence-electron chi connectivity index (χ1n) is 9.92. The molecule has 2 heterocycles. The third-order valence-electron chi connectivity index (χ3n) is 4.81. The summed E-state index contributed by atoms with van der Waals surface area (Å²) in [5.41, 5.74) is 1.62. The number of aryl methyl sites for hydroxylation is 2. The van der Waals surface area contributed by atoms with Crippen molar-refractivity contribution in [2.75, 3.05) is 26.0 Å². The zero-order valence-corrected chi connectivity index (χ0v) is 19.1. The summed E-state index contributed by atoms with van der Waals surface area (Å²) in [6, 6.07) is 6.42. The molecule has 0 unspecified atom stereocenters. The van der Waals surface area contributed by atoms with Crippen molar-refractivity contribution in [3.05, 3.63) is 56.4 Å². The lowest BCUT2D eigenvalue weighted by atomic mass is 10.2. The molecule has 1 aromatic carbocycles. The minimum atomic E-state index is -0.416. The number of benzene rings is 1. The van der Waals surface area contributed by atoms with Gasteiger partial charge in [-0.3, -0.25) is 14.2 Å². The Bertz CT molecular complexity index is 1180. The van der Waals surface area contributed by atoms with Crippen LogP contribution in [0.15, 0.2) is 29.1 Å². The highest BCUT2D eigenvalue weighted by Gasteiger charge is 2.19. The second-order valence-electron chi connectivity index (χ2n) is 7.47. The van der Waals surface area contributed by atoms with E-state index < -0.39 is 5.97 Å². The molecule has 31 heavy (non-hydrogen) atoms. The van der Waals surface area contributed by atoms with Crippen molar-refractivity contribution in [2.45, 2.75) is 33.9 Å². The summed E-state index contributed by atoms with van der Waals surface area (Å²) in [5.74, 6) is -0.227. The van der Waals surface area contributed by atoms with Gasteiger partial charge in [-0.15, -0.1) is 11.3 Å². The van der Waals surface area contributed by atoms with Crippen LogP contribution in [0.5, 0.6) is 0 Å². The molecule has 0 fully saturated rings. The number of thiophene rings is 1. The van der Waals surface area contributed by atoms with Gasteiger partial charge in [0.1, 0.15) is 17.2 Å². The number of esters is 1. The van der Waals surface area contributed by atoms with E-state index in [1.807, 2.05) is 32.8 Å². The van der Waals surface area contributed by atoms with Crippen molar-refractivity contribution in [3.63, 3.8) is 0 Å². The average molecular weight is 443 g/mol. The third-order valence-corrected chi connectivity index (χ3v) is 5.91. The monoisotopic (exact) mass is 442 g/mol. The SMILES string of the molecule is CCOC(=O)c1ccc(NC(=O)Cn2c(CN(C)C)nc3sc(C)c(C)c3c2=O)cc1. The van der Waals surface area contributed by atoms with Crippen LogP contribution in [0.1, 0.15) is 33.5 Å². The highest BCUT2D eigenvalue weighted by Crippen LogP contribution is 2.26. The fourth-order valence-electron chi connectivity index (χ4n) is 3.18. The van der Waals surface area contributed by atoms with Gasteiger partial charge in [0.2, 0.25) is 5.91 Å². The molecule has 1 N–H and O–H groups in total. The summed E-state index contributed by atoms with van der Waals surface area (Å²) < 4.78 is 6.39. The maximum atomic E-state index is 13.2. The molecule has 0 bridgehead atoms. The van der Waals surface area contributed by atoms with Crippen LogP contribution >= 0.6 is 11.3 Å². The largest absolute Gasteiger partial charge is 0.462 e. The smallest absolute Gasteiger partial charge is 0.338 e. The Kier molecular flexibility index (Phi) is 6.87. The Morgan fingerprint density at radius 1 is 1.19 bits per heavy atom. The molecule has 8 nitrogen and oxygen atoms in total. The summed E-state index contributed by atoms with van der Waals surface area (Å²) in [6.07, 6.45) is 0. The van der Waals surface area contributed by atoms with Crippen molar-refractivity contribution in [2.24, 2.45) is 0 Å². The number of nitrogens with one attached hydrogen (secondary N) is 1. The molecule has 164 valence electrons. The molecule has 1 amide bonds. The minimum Gasteiger partial charge on any atom is -0.462 e. The fourth-order valence-corrected chi connectivity index (χ4v) is 4.22. The van der Waals surface area contributed by atoms with E-state index in [-0.39, 0.29) is 18.0 Å². The predicted molar refractivity (Wildman–Crippen MR) is 122 cm³/mol. The van der Waals surface area contributed by atoms with Crippen molar-refractivity contribution in [3.8, 4) is 0 Å². The van der Waals surface area contributed by atoms with Gasteiger partial charge in [-0.25, -0.2) is 9.78 Å². The number of ether oxygens (including phenoxy) is 1. The van der Waals surface area contributed by atoms with Gasteiger partial charge < -0.3 is 15.0 Å². The topological polar surface area (TPSA) is 93.5 Å². The van der Waals surface area contributed by atoms with Crippen LogP contribution in [0.4, 0.5) is 5.69 Å². The summed E-state index contributed by atoms with van der Waals surface area (Å²) >= 11 is 1.49. The summed E-state index contributed by atoms with van der Waals surface area (Å²) in [5, 5.41) is 3.34. The van der Waals surface area contributed by atoms with Crippen molar-refractivity contribution in [1.82, 2.24) is 14.5 Å². The number of carbonyl (C=O) groups is 2. The van der Waals surface area contributed by atoms with Crippen LogP contribution in [0, 0.1) is 13.8 Å². The fraction of sp³-hybridized carbons (Fsp3) is 0.364. The van der Waals surface area contributed by atoms with Gasteiger partial charge in [0, 0.05) is 10.6 Å². The average Bonchev–Trinajstić information content (AvgIpc) is 2.99. The van der Waals surface area contributed by atoms with Gasteiger partial charge in [0.25, 0.3) is 5.56 Å². The van der Waals surface area contributed by atoms with Crippen LogP contribution in [0.3, 0.4) is 0 Å². The predicted octanol–water partition coefficient (Wildman–Crippen LogP) is 2.95. The Labute approximate surface area is 184 Å². The summed E-state index contributed by atoms with van der Waals surface area (Å²) in [7, 11) is 3.77. The molecular formula is C22H26N4O4S. The minimum absolute atomic E-state index is 0.154. The molecule has 0 atom stereocenters. The maximum Gasteiger partial charge on any atom is 0.338 e. The number of hydrogen-bond acceptors (Lipinski definition) is 7. The molecule has 2 aromatic heterocycles. The molecule has 0 saturated carbocycles. The van der Waals surface area contributed by atoms with E-state index in [4.69, 9.17) is 4.74 Å². The first kappa shape index (κ1) is 22.6. The molecular weight excluding hydrogens is 416 g/mol. The molecule has 9 heteroatoms. The molecule has 3 aromatic rings. The van der Waals surface area contributed by atoms with E-state index in [9.17, 15) is 14.4 Å². The first-order chi connectivity index (χ1) is 14.7. The van der Waals surface area contributed by atoms with Gasteiger partial charge in [0.05, 0.1) is 24.1 Å². The maximum absolute atomic E-state index is 13.2. The summed E-state index contributed by atoms with van der Waals surface area (Å²) in [6.45, 7) is 6.18. The zero-order valence-electron chi connectivity index (χ0n) is 18.3.